The van der Waals surface area contributed by atoms with Crippen LogP contribution in [0.2, 0.25) is 0 Å². The highest BCUT2D eigenvalue weighted by molar-refractivity contribution is 5.77. The fourth-order valence-electron chi connectivity index (χ4n) is 1.18. The summed E-state index contributed by atoms with van der Waals surface area (Å²) in [4.78, 5) is 11.4. The van der Waals surface area contributed by atoms with Crippen LogP contribution in [0.4, 0.5) is 0 Å². The molecular weight excluding hydrogens is 164 g/mol. The average Bonchev–Trinajstić information content (AvgIpc) is 1.81. The first-order chi connectivity index (χ1) is 5.85. The molecule has 0 aliphatic rings. The van der Waals surface area contributed by atoms with E-state index < -0.39 is 0 Å². The highest BCUT2D eigenvalue weighted by atomic mass is 16.1. The molecule has 0 aromatic heterocycles. The van der Waals surface area contributed by atoms with Crippen LogP contribution in [-0.4, -0.2) is 17.5 Å². The Bertz CT molecular complexity index is 161. The molecule has 13 heavy (non-hydrogen) atoms. The third kappa shape index (κ3) is 7.78. The van der Waals surface area contributed by atoms with Crippen molar-refractivity contribution in [2.45, 2.75) is 58.5 Å². The van der Waals surface area contributed by atoms with Crippen LogP contribution in [0, 0.1) is 0 Å². The van der Waals surface area contributed by atoms with Gasteiger partial charge in [0.05, 0.1) is 0 Å². The number of hydrogen-bond donors (Lipinski definition) is 2. The summed E-state index contributed by atoms with van der Waals surface area (Å²) >= 11 is 0. The van der Waals surface area contributed by atoms with Crippen LogP contribution >= 0.6 is 0 Å². The first-order valence-corrected chi connectivity index (χ1v) is 4.91. The summed E-state index contributed by atoms with van der Waals surface area (Å²) in [5.74, 6) is 0.0495. The monoisotopic (exact) mass is 186 g/mol. The first kappa shape index (κ1) is 12.4. The fourth-order valence-corrected chi connectivity index (χ4v) is 1.18. The Morgan fingerprint density at radius 2 is 2.00 bits per heavy atom. The standard InChI is InChI=1S/C10H22N2O/c1-5-6-8(11)7-9(13)12-10(2,3)4/h8H,5-7,11H2,1-4H3,(H,12,13). The molecule has 0 radical (unpaired) electrons. The maximum absolute atomic E-state index is 11.4. The summed E-state index contributed by atoms with van der Waals surface area (Å²) in [5.41, 5.74) is 5.59. The molecule has 0 bridgehead atoms. The van der Waals surface area contributed by atoms with Crippen molar-refractivity contribution in [1.82, 2.24) is 5.32 Å². The topological polar surface area (TPSA) is 55.1 Å². The maximum Gasteiger partial charge on any atom is 0.221 e. The zero-order valence-corrected chi connectivity index (χ0v) is 9.18. The van der Waals surface area contributed by atoms with Crippen molar-refractivity contribution in [3.63, 3.8) is 0 Å². The normalized spacial score (nSPS) is 13.9. The van der Waals surface area contributed by atoms with Crippen molar-refractivity contribution in [3.8, 4) is 0 Å². The van der Waals surface area contributed by atoms with Crippen LogP contribution in [0.5, 0.6) is 0 Å². The lowest BCUT2D eigenvalue weighted by atomic mass is 10.1. The van der Waals surface area contributed by atoms with Gasteiger partial charge in [0, 0.05) is 18.0 Å². The minimum Gasteiger partial charge on any atom is -0.351 e. The number of nitrogens with two attached hydrogens (primary N) is 1. The molecule has 0 saturated heterocycles. The number of amides is 1. The predicted octanol–water partition coefficient (Wildman–Crippen LogP) is 1.42. The van der Waals surface area contributed by atoms with Gasteiger partial charge < -0.3 is 11.1 Å². The highest BCUT2D eigenvalue weighted by Crippen LogP contribution is 2.02. The number of hydrogen-bond acceptors (Lipinski definition) is 2. The van der Waals surface area contributed by atoms with E-state index in [2.05, 4.69) is 12.2 Å². The van der Waals surface area contributed by atoms with Crippen molar-refractivity contribution in [2.24, 2.45) is 5.73 Å². The molecule has 0 aromatic rings. The fraction of sp³-hybridized carbons (Fsp3) is 0.900. The smallest absolute Gasteiger partial charge is 0.221 e. The number of rotatable bonds is 4. The Morgan fingerprint density at radius 3 is 2.38 bits per heavy atom. The summed E-state index contributed by atoms with van der Waals surface area (Å²) in [5, 5.41) is 2.89. The molecule has 1 amide bonds. The van der Waals surface area contributed by atoms with E-state index >= 15 is 0 Å². The van der Waals surface area contributed by atoms with E-state index in [1.54, 1.807) is 0 Å². The van der Waals surface area contributed by atoms with Crippen LogP contribution in [-0.2, 0) is 4.79 Å². The van der Waals surface area contributed by atoms with Gasteiger partial charge in [-0.25, -0.2) is 0 Å². The van der Waals surface area contributed by atoms with E-state index in [4.69, 9.17) is 5.73 Å². The van der Waals surface area contributed by atoms with Gasteiger partial charge in [0.2, 0.25) is 5.91 Å². The van der Waals surface area contributed by atoms with Gasteiger partial charge in [0.25, 0.3) is 0 Å². The Kier molecular flexibility index (Phi) is 4.99. The van der Waals surface area contributed by atoms with Crippen molar-refractivity contribution < 1.29 is 4.79 Å². The van der Waals surface area contributed by atoms with Crippen molar-refractivity contribution in [2.75, 3.05) is 0 Å². The van der Waals surface area contributed by atoms with Gasteiger partial charge in [-0.2, -0.15) is 0 Å². The van der Waals surface area contributed by atoms with E-state index in [0.29, 0.717) is 6.42 Å². The van der Waals surface area contributed by atoms with Gasteiger partial charge in [0.15, 0.2) is 0 Å². The molecule has 0 saturated carbocycles. The number of nitrogens with one attached hydrogen (secondary N) is 1. The lowest BCUT2D eigenvalue weighted by Crippen LogP contribution is -2.42. The molecule has 78 valence electrons. The van der Waals surface area contributed by atoms with Gasteiger partial charge in [-0.1, -0.05) is 13.3 Å². The molecule has 1 unspecified atom stereocenters. The van der Waals surface area contributed by atoms with E-state index in [1.165, 1.54) is 0 Å². The largest absolute Gasteiger partial charge is 0.351 e. The highest BCUT2D eigenvalue weighted by Gasteiger charge is 2.15. The molecular formula is C10H22N2O. The average molecular weight is 186 g/mol. The third-order valence-electron chi connectivity index (χ3n) is 1.62. The molecule has 0 aromatic carbocycles. The van der Waals surface area contributed by atoms with Crippen LogP contribution < -0.4 is 11.1 Å². The zero-order chi connectivity index (χ0) is 10.5. The van der Waals surface area contributed by atoms with Gasteiger partial charge in [-0.15, -0.1) is 0 Å². The summed E-state index contributed by atoms with van der Waals surface area (Å²) in [7, 11) is 0. The van der Waals surface area contributed by atoms with E-state index in [9.17, 15) is 4.79 Å². The minimum absolute atomic E-state index is 0.00681. The Labute approximate surface area is 81.1 Å². The maximum atomic E-state index is 11.4. The summed E-state index contributed by atoms with van der Waals surface area (Å²) < 4.78 is 0. The Hall–Kier alpha value is -0.570. The number of carbonyl (C=O) groups excluding carboxylic acids is 1. The summed E-state index contributed by atoms with van der Waals surface area (Å²) in [6.45, 7) is 7.98. The number of carbonyl (C=O) groups is 1. The van der Waals surface area contributed by atoms with Crippen LogP contribution in [0.3, 0.4) is 0 Å². The predicted molar refractivity (Wildman–Crippen MR) is 55.4 cm³/mol. The van der Waals surface area contributed by atoms with Crippen molar-refractivity contribution >= 4 is 5.91 Å². The Balaban J connectivity index is 3.74. The molecule has 0 spiro atoms. The zero-order valence-electron chi connectivity index (χ0n) is 9.18. The van der Waals surface area contributed by atoms with Crippen LogP contribution in [0.25, 0.3) is 0 Å². The molecule has 3 heteroatoms. The molecule has 0 heterocycles. The quantitative estimate of drug-likeness (QED) is 0.697. The molecule has 3 N–H and O–H groups in total. The molecule has 1 atom stereocenters. The molecule has 0 aliphatic carbocycles. The van der Waals surface area contributed by atoms with Crippen LogP contribution in [0.1, 0.15) is 47.0 Å². The molecule has 0 rings (SSSR count). The second-order valence-electron chi connectivity index (χ2n) is 4.55. The third-order valence-corrected chi connectivity index (χ3v) is 1.62. The molecule has 3 nitrogen and oxygen atoms in total. The van der Waals surface area contributed by atoms with E-state index in [1.807, 2.05) is 20.8 Å². The minimum atomic E-state index is -0.150. The van der Waals surface area contributed by atoms with E-state index in [-0.39, 0.29) is 17.5 Å². The second kappa shape index (κ2) is 5.22. The first-order valence-electron chi connectivity index (χ1n) is 4.91. The summed E-state index contributed by atoms with van der Waals surface area (Å²) in [6, 6.07) is 0.00681. The molecule has 0 aliphatic heterocycles. The summed E-state index contributed by atoms with van der Waals surface area (Å²) in [6.07, 6.45) is 2.38. The SMILES string of the molecule is CCCC(N)CC(=O)NC(C)(C)C. The van der Waals surface area contributed by atoms with Crippen molar-refractivity contribution in [1.29, 1.82) is 0 Å². The van der Waals surface area contributed by atoms with Gasteiger partial charge in [0.1, 0.15) is 0 Å². The van der Waals surface area contributed by atoms with E-state index in [0.717, 1.165) is 12.8 Å². The van der Waals surface area contributed by atoms with Gasteiger partial charge in [-0.05, 0) is 27.2 Å². The lowest BCUT2D eigenvalue weighted by Gasteiger charge is -2.21. The molecule has 0 fully saturated rings. The van der Waals surface area contributed by atoms with Gasteiger partial charge >= 0.3 is 0 Å². The van der Waals surface area contributed by atoms with Crippen molar-refractivity contribution in [3.05, 3.63) is 0 Å². The Morgan fingerprint density at radius 1 is 1.46 bits per heavy atom. The second-order valence-corrected chi connectivity index (χ2v) is 4.55. The lowest BCUT2D eigenvalue weighted by molar-refractivity contribution is -0.122. The van der Waals surface area contributed by atoms with Gasteiger partial charge in [-0.3, -0.25) is 4.79 Å². The van der Waals surface area contributed by atoms with Crippen LogP contribution in [0.15, 0.2) is 0 Å².